The molecule has 0 spiro atoms. The molecule has 1 aliphatic rings. The number of aromatic nitrogens is 3. The molecule has 0 radical (unpaired) electrons. The van der Waals surface area contributed by atoms with Gasteiger partial charge < -0.3 is 4.57 Å². The van der Waals surface area contributed by atoms with E-state index in [0.29, 0.717) is 5.92 Å². The molecule has 0 saturated carbocycles. The molecule has 1 saturated heterocycles. The Bertz CT molecular complexity index is 871. The van der Waals surface area contributed by atoms with Crippen LogP contribution in [0.3, 0.4) is 0 Å². The highest BCUT2D eigenvalue weighted by Crippen LogP contribution is 2.30. The van der Waals surface area contributed by atoms with Crippen molar-refractivity contribution < 1.29 is 0 Å². The monoisotopic (exact) mass is 398 g/mol. The maximum Gasteiger partial charge on any atom is 0.191 e. The largest absolute Gasteiger partial charge is 0.309 e. The highest BCUT2D eigenvalue weighted by Gasteiger charge is 2.26. The van der Waals surface area contributed by atoms with Gasteiger partial charge in [0.15, 0.2) is 5.16 Å². The summed E-state index contributed by atoms with van der Waals surface area (Å²) < 4.78 is 2.21. The van der Waals surface area contributed by atoms with Gasteiger partial charge in [0.1, 0.15) is 5.82 Å². The highest BCUT2D eigenvalue weighted by atomic mass is 32.2. The van der Waals surface area contributed by atoms with Crippen LogP contribution in [-0.4, -0.2) is 32.8 Å². The second-order valence-corrected chi connectivity index (χ2v) is 9.22. The van der Waals surface area contributed by atoms with Crippen molar-refractivity contribution in [2.45, 2.75) is 43.1 Å². The lowest BCUT2D eigenvalue weighted by molar-refractivity contribution is 0.196. The van der Waals surface area contributed by atoms with Crippen molar-refractivity contribution in [3.8, 4) is 0 Å². The van der Waals surface area contributed by atoms with Crippen LogP contribution in [0, 0.1) is 6.92 Å². The summed E-state index contributed by atoms with van der Waals surface area (Å²) >= 11 is 3.64. The summed E-state index contributed by atoms with van der Waals surface area (Å²) in [7, 11) is 2.12. The number of rotatable bonds is 6. The fourth-order valence-corrected chi connectivity index (χ4v) is 5.53. The third-order valence-corrected chi connectivity index (χ3v) is 7.38. The maximum atomic E-state index is 4.57. The number of likely N-dealkylation sites (tertiary alicyclic amines) is 1. The second kappa shape index (κ2) is 8.59. The molecule has 2 aromatic heterocycles. The van der Waals surface area contributed by atoms with Crippen molar-refractivity contribution >= 4 is 23.1 Å². The van der Waals surface area contributed by atoms with Crippen molar-refractivity contribution in [2.75, 3.05) is 13.1 Å². The normalized spacial score (nSPS) is 18.1. The van der Waals surface area contributed by atoms with E-state index in [1.165, 1.54) is 35.4 Å². The summed E-state index contributed by atoms with van der Waals surface area (Å²) in [5.41, 5.74) is 2.74. The van der Waals surface area contributed by atoms with E-state index in [-0.39, 0.29) is 0 Å². The minimum absolute atomic E-state index is 0.475. The van der Waals surface area contributed by atoms with E-state index < -0.39 is 0 Å². The van der Waals surface area contributed by atoms with E-state index in [1.54, 1.807) is 11.8 Å². The molecule has 0 aliphatic carbocycles. The number of aryl methyl sites for hydroxylation is 1. The number of piperidine rings is 1. The Balaban J connectivity index is 1.40. The van der Waals surface area contributed by atoms with Crippen molar-refractivity contribution in [3.05, 3.63) is 63.6 Å². The van der Waals surface area contributed by atoms with Gasteiger partial charge in [0.05, 0.1) is 0 Å². The highest BCUT2D eigenvalue weighted by molar-refractivity contribution is 7.98. The molecule has 27 heavy (non-hydrogen) atoms. The third kappa shape index (κ3) is 4.45. The van der Waals surface area contributed by atoms with Crippen molar-refractivity contribution in [1.82, 2.24) is 19.7 Å². The van der Waals surface area contributed by atoms with E-state index in [9.17, 15) is 0 Å². The lowest BCUT2D eigenvalue weighted by Gasteiger charge is -2.32. The van der Waals surface area contributed by atoms with Gasteiger partial charge in [-0.25, -0.2) is 0 Å². The maximum absolute atomic E-state index is 4.57. The first-order valence-corrected chi connectivity index (χ1v) is 11.4. The zero-order valence-electron chi connectivity index (χ0n) is 16.0. The SMILES string of the molecule is Cc1ccsc1CN1CCC[C@H](c2nnc(SCc3ccccc3)n2C)C1. The summed E-state index contributed by atoms with van der Waals surface area (Å²) in [5.74, 6) is 2.54. The minimum atomic E-state index is 0.475. The van der Waals surface area contributed by atoms with Gasteiger partial charge in [-0.15, -0.1) is 21.5 Å². The van der Waals surface area contributed by atoms with Gasteiger partial charge in [0.2, 0.25) is 0 Å². The van der Waals surface area contributed by atoms with Crippen molar-refractivity contribution in [1.29, 1.82) is 0 Å². The zero-order valence-corrected chi connectivity index (χ0v) is 17.6. The Morgan fingerprint density at radius 3 is 2.81 bits per heavy atom. The second-order valence-electron chi connectivity index (χ2n) is 7.28. The van der Waals surface area contributed by atoms with Gasteiger partial charge in [-0.05, 0) is 48.9 Å². The summed E-state index contributed by atoms with van der Waals surface area (Å²) in [4.78, 5) is 4.08. The first-order valence-electron chi connectivity index (χ1n) is 9.52. The molecule has 0 bridgehead atoms. The van der Waals surface area contributed by atoms with E-state index in [2.05, 4.69) is 75.4 Å². The van der Waals surface area contributed by atoms with Gasteiger partial charge in [-0.2, -0.15) is 0 Å². The van der Waals surface area contributed by atoms with Crippen molar-refractivity contribution in [2.24, 2.45) is 7.05 Å². The lowest BCUT2D eigenvalue weighted by Crippen LogP contribution is -2.34. The van der Waals surface area contributed by atoms with Crippen LogP contribution >= 0.6 is 23.1 Å². The molecule has 1 aliphatic heterocycles. The van der Waals surface area contributed by atoms with Crippen LogP contribution < -0.4 is 0 Å². The molecule has 3 aromatic rings. The van der Waals surface area contributed by atoms with E-state index in [4.69, 9.17) is 0 Å². The fourth-order valence-electron chi connectivity index (χ4n) is 3.71. The van der Waals surface area contributed by atoms with Crippen LogP contribution in [-0.2, 0) is 19.3 Å². The Hall–Kier alpha value is -1.63. The van der Waals surface area contributed by atoms with E-state index in [0.717, 1.165) is 29.8 Å². The zero-order chi connectivity index (χ0) is 18.6. The first-order chi connectivity index (χ1) is 13.2. The predicted octanol–water partition coefficient (Wildman–Crippen LogP) is 4.86. The van der Waals surface area contributed by atoms with Gasteiger partial charge in [0.25, 0.3) is 0 Å². The molecular formula is C21H26N4S2. The van der Waals surface area contributed by atoms with Gasteiger partial charge in [-0.1, -0.05) is 42.1 Å². The quantitative estimate of drug-likeness (QED) is 0.556. The Labute approximate surface area is 169 Å². The lowest BCUT2D eigenvalue weighted by atomic mass is 9.97. The van der Waals surface area contributed by atoms with Gasteiger partial charge >= 0.3 is 0 Å². The molecule has 3 heterocycles. The molecule has 0 N–H and O–H groups in total. The van der Waals surface area contributed by atoms with Crippen molar-refractivity contribution in [3.63, 3.8) is 0 Å². The number of thiophene rings is 1. The summed E-state index contributed by atoms with van der Waals surface area (Å²) in [5, 5.41) is 12.3. The minimum Gasteiger partial charge on any atom is -0.309 e. The molecule has 1 atom stereocenters. The Morgan fingerprint density at radius 2 is 2.04 bits per heavy atom. The van der Waals surface area contributed by atoms with Crippen LogP contribution in [0.4, 0.5) is 0 Å². The average Bonchev–Trinajstić information content (AvgIpc) is 3.27. The molecular weight excluding hydrogens is 372 g/mol. The van der Waals surface area contributed by atoms with Crippen LogP contribution in [0.1, 0.15) is 40.6 Å². The first kappa shape index (κ1) is 18.7. The third-order valence-electron chi connectivity index (χ3n) is 5.29. The standard InChI is InChI=1S/C21H26N4S2/c1-16-10-12-26-19(16)14-25-11-6-9-18(13-25)20-22-23-21(24(20)2)27-15-17-7-4-3-5-8-17/h3-5,7-8,10,12,18H,6,9,11,13-15H2,1-2H3/t18-/m0/s1. The number of benzene rings is 1. The topological polar surface area (TPSA) is 34.0 Å². The Morgan fingerprint density at radius 1 is 1.19 bits per heavy atom. The molecule has 142 valence electrons. The van der Waals surface area contributed by atoms with E-state index >= 15 is 0 Å². The summed E-state index contributed by atoms with van der Waals surface area (Å²) in [6, 6.07) is 12.8. The molecule has 1 fully saturated rings. The number of thioether (sulfide) groups is 1. The average molecular weight is 399 g/mol. The molecule has 4 rings (SSSR count). The van der Waals surface area contributed by atoms with Crippen LogP contribution in [0.15, 0.2) is 46.9 Å². The number of hydrogen-bond acceptors (Lipinski definition) is 5. The van der Waals surface area contributed by atoms with Crippen LogP contribution in [0.25, 0.3) is 0 Å². The number of hydrogen-bond donors (Lipinski definition) is 0. The predicted molar refractivity (Wildman–Crippen MR) is 113 cm³/mol. The molecule has 0 amide bonds. The summed E-state index contributed by atoms with van der Waals surface area (Å²) in [6.07, 6.45) is 2.43. The smallest absolute Gasteiger partial charge is 0.191 e. The molecule has 6 heteroatoms. The molecule has 1 aromatic carbocycles. The van der Waals surface area contributed by atoms with Crippen LogP contribution in [0.5, 0.6) is 0 Å². The Kier molecular flexibility index (Phi) is 5.95. The van der Waals surface area contributed by atoms with E-state index in [1.807, 2.05) is 11.3 Å². The van der Waals surface area contributed by atoms with Crippen LogP contribution in [0.2, 0.25) is 0 Å². The molecule has 4 nitrogen and oxygen atoms in total. The van der Waals surface area contributed by atoms with Gasteiger partial charge in [-0.3, -0.25) is 4.90 Å². The molecule has 0 unspecified atom stereocenters. The summed E-state index contributed by atoms with van der Waals surface area (Å²) in [6.45, 7) is 5.54. The van der Waals surface area contributed by atoms with Gasteiger partial charge in [0, 0.05) is 36.7 Å². The number of nitrogens with zero attached hydrogens (tertiary/aromatic N) is 4. The fraction of sp³-hybridized carbons (Fsp3) is 0.429.